The molecule has 0 saturated heterocycles. The molecule has 23 heavy (non-hydrogen) atoms. The van der Waals surface area contributed by atoms with E-state index in [2.05, 4.69) is 16.9 Å². The van der Waals surface area contributed by atoms with Crippen molar-refractivity contribution >= 4 is 12.4 Å². The molecule has 0 N–H and O–H groups in total. The summed E-state index contributed by atoms with van der Waals surface area (Å²) in [6, 6.07) is 0. The summed E-state index contributed by atoms with van der Waals surface area (Å²) in [5.41, 5.74) is 0. The Morgan fingerprint density at radius 1 is 0.522 bits per heavy atom. The first-order valence-corrected chi connectivity index (χ1v) is 10.4. The van der Waals surface area contributed by atoms with Gasteiger partial charge in [0, 0.05) is 0 Å². The summed E-state index contributed by atoms with van der Waals surface area (Å²) in [7, 11) is 0. The highest BCUT2D eigenvalue weighted by Crippen LogP contribution is 2.18. The normalized spacial score (nSPS) is 13.3. The van der Waals surface area contributed by atoms with Crippen molar-refractivity contribution < 1.29 is 0 Å². The summed E-state index contributed by atoms with van der Waals surface area (Å²) in [6.45, 7) is 2.29. The van der Waals surface area contributed by atoms with Gasteiger partial charge < -0.3 is 0 Å². The van der Waals surface area contributed by atoms with Crippen LogP contribution in [0.2, 0.25) is 0 Å². The third kappa shape index (κ3) is 13.4. The van der Waals surface area contributed by atoms with E-state index in [1.54, 1.807) is 12.4 Å². The Morgan fingerprint density at radius 3 is 1.26 bits per heavy atom. The van der Waals surface area contributed by atoms with Crippen molar-refractivity contribution in [3.05, 3.63) is 6.17 Å². The Morgan fingerprint density at radius 2 is 0.870 bits per heavy atom. The predicted molar refractivity (Wildman–Crippen MR) is 104 cm³/mol. The molecule has 0 aromatic heterocycles. The van der Waals surface area contributed by atoms with Crippen LogP contribution in [0, 0.1) is 6.17 Å². The van der Waals surface area contributed by atoms with Crippen molar-refractivity contribution in [2.75, 3.05) is 0 Å². The molecule has 0 radical (unpaired) electrons. The van der Waals surface area contributed by atoms with Gasteiger partial charge in [-0.15, -0.1) is 0 Å². The standard InChI is InChI=1S/C21H39N2/c1-2-3-4-5-6-7-8-9-10-11-12-13-14-15-16-17-18-21-22-19-20-23-21/h19-20H,2-18H2,1H3/q+1. The van der Waals surface area contributed by atoms with Crippen LogP contribution in [-0.4, -0.2) is 12.4 Å². The molecule has 0 amide bonds. The molecule has 2 heteroatoms. The molecule has 0 aromatic rings. The van der Waals surface area contributed by atoms with Crippen LogP contribution in [-0.2, 0) is 0 Å². The number of unbranched alkanes of at least 4 members (excludes halogenated alkanes) is 15. The number of hydrogen-bond acceptors (Lipinski definition) is 2. The SMILES string of the molecule is CCCCCCCCCCCCCCCCCC[C+]1N=CC=N1. The van der Waals surface area contributed by atoms with E-state index in [0.717, 1.165) is 12.6 Å². The van der Waals surface area contributed by atoms with Crippen molar-refractivity contribution in [2.24, 2.45) is 9.98 Å². The van der Waals surface area contributed by atoms with Crippen molar-refractivity contribution in [1.29, 1.82) is 0 Å². The minimum Gasteiger partial charge on any atom is -0.0968 e. The van der Waals surface area contributed by atoms with Gasteiger partial charge in [-0.3, -0.25) is 0 Å². The summed E-state index contributed by atoms with van der Waals surface area (Å²) < 4.78 is 0. The minimum absolute atomic E-state index is 1.02. The number of hydrogen-bond donors (Lipinski definition) is 0. The van der Waals surface area contributed by atoms with Gasteiger partial charge in [-0.1, -0.05) is 113 Å². The lowest BCUT2D eigenvalue weighted by Gasteiger charge is -2.03. The van der Waals surface area contributed by atoms with E-state index in [4.69, 9.17) is 0 Å². The van der Waals surface area contributed by atoms with Crippen LogP contribution in [0.5, 0.6) is 0 Å². The molecule has 0 aliphatic carbocycles. The van der Waals surface area contributed by atoms with Gasteiger partial charge in [0.2, 0.25) is 6.17 Å². The highest BCUT2D eigenvalue weighted by Gasteiger charge is 2.14. The summed E-state index contributed by atoms with van der Waals surface area (Å²) in [5.74, 6) is 0. The fraction of sp³-hybridized carbons (Fsp3) is 0.857. The average Bonchev–Trinajstić information content (AvgIpc) is 3.08. The highest BCUT2D eigenvalue weighted by molar-refractivity contribution is 6.18. The molecule has 0 unspecified atom stereocenters. The second-order valence-corrected chi connectivity index (χ2v) is 7.03. The Hall–Kier alpha value is -0.790. The van der Waals surface area contributed by atoms with Crippen LogP contribution < -0.4 is 0 Å². The Kier molecular flexibility index (Phi) is 14.2. The Balaban J connectivity index is 1.65. The zero-order valence-electron chi connectivity index (χ0n) is 15.6. The van der Waals surface area contributed by atoms with Crippen LogP contribution in [0.1, 0.15) is 116 Å². The van der Waals surface area contributed by atoms with E-state index in [-0.39, 0.29) is 0 Å². The molecule has 2 nitrogen and oxygen atoms in total. The molecule has 1 heterocycles. The lowest BCUT2D eigenvalue weighted by atomic mass is 10.0. The fourth-order valence-corrected chi connectivity index (χ4v) is 3.23. The average molecular weight is 320 g/mol. The number of rotatable bonds is 17. The van der Waals surface area contributed by atoms with Crippen molar-refractivity contribution in [3.63, 3.8) is 0 Å². The van der Waals surface area contributed by atoms with Gasteiger partial charge in [0.25, 0.3) is 0 Å². The van der Waals surface area contributed by atoms with Crippen LogP contribution >= 0.6 is 0 Å². The van der Waals surface area contributed by atoms with E-state index in [0.29, 0.717) is 0 Å². The maximum atomic E-state index is 4.21. The maximum absolute atomic E-state index is 4.21. The number of aliphatic imine (C=N–C) groups is 2. The summed E-state index contributed by atoms with van der Waals surface area (Å²) in [5, 5.41) is 0. The monoisotopic (exact) mass is 319 g/mol. The Bertz CT molecular complexity index is 284. The molecule has 1 aliphatic rings. The van der Waals surface area contributed by atoms with E-state index in [1.165, 1.54) is 103 Å². The summed E-state index contributed by atoms with van der Waals surface area (Å²) in [4.78, 5) is 8.42. The van der Waals surface area contributed by atoms with Crippen LogP contribution in [0.25, 0.3) is 0 Å². The molecular weight excluding hydrogens is 280 g/mol. The molecule has 0 bridgehead atoms. The first-order valence-electron chi connectivity index (χ1n) is 10.4. The van der Waals surface area contributed by atoms with E-state index in [9.17, 15) is 0 Å². The molecule has 0 fully saturated rings. The quantitative estimate of drug-likeness (QED) is 0.199. The second kappa shape index (κ2) is 16.1. The molecule has 0 saturated carbocycles. The minimum atomic E-state index is 1.02. The lowest BCUT2D eigenvalue weighted by Crippen LogP contribution is -1.87. The van der Waals surface area contributed by atoms with E-state index in [1.807, 2.05) is 0 Å². The molecule has 1 rings (SSSR count). The molecule has 132 valence electrons. The van der Waals surface area contributed by atoms with Crippen LogP contribution in [0.3, 0.4) is 0 Å². The first-order chi connectivity index (χ1) is 11.4. The van der Waals surface area contributed by atoms with Crippen molar-refractivity contribution in [3.8, 4) is 0 Å². The van der Waals surface area contributed by atoms with Gasteiger partial charge in [-0.25, -0.2) is 0 Å². The zero-order valence-corrected chi connectivity index (χ0v) is 15.6. The smallest absolute Gasteiger partial charge is 0.0968 e. The molecular formula is C21H39N2+. The molecule has 0 spiro atoms. The third-order valence-corrected chi connectivity index (χ3v) is 4.77. The molecule has 1 aliphatic heterocycles. The highest BCUT2D eigenvalue weighted by atomic mass is 15.0. The van der Waals surface area contributed by atoms with Gasteiger partial charge in [0.15, 0.2) is 12.4 Å². The maximum Gasteiger partial charge on any atom is 0.240 e. The second-order valence-electron chi connectivity index (χ2n) is 7.03. The van der Waals surface area contributed by atoms with Gasteiger partial charge in [0.05, 0.1) is 6.42 Å². The van der Waals surface area contributed by atoms with E-state index < -0.39 is 0 Å². The zero-order chi connectivity index (χ0) is 16.4. The predicted octanol–water partition coefficient (Wildman–Crippen LogP) is 7.28. The summed E-state index contributed by atoms with van der Waals surface area (Å²) in [6.07, 6.45) is 28.5. The van der Waals surface area contributed by atoms with Crippen LogP contribution in [0.4, 0.5) is 0 Å². The van der Waals surface area contributed by atoms with Gasteiger partial charge >= 0.3 is 0 Å². The Labute approximate surface area is 145 Å². The van der Waals surface area contributed by atoms with E-state index >= 15 is 0 Å². The van der Waals surface area contributed by atoms with Gasteiger partial charge in [0.1, 0.15) is 0 Å². The van der Waals surface area contributed by atoms with Gasteiger partial charge in [-0.2, -0.15) is 0 Å². The fourth-order valence-electron chi connectivity index (χ4n) is 3.23. The lowest BCUT2D eigenvalue weighted by molar-refractivity contribution is 0.527. The van der Waals surface area contributed by atoms with Gasteiger partial charge in [-0.05, 0) is 6.42 Å². The first kappa shape index (κ1) is 20.3. The largest absolute Gasteiger partial charge is 0.240 e. The molecule has 0 aromatic carbocycles. The topological polar surface area (TPSA) is 24.7 Å². The van der Waals surface area contributed by atoms with Crippen molar-refractivity contribution in [2.45, 2.75) is 116 Å². The van der Waals surface area contributed by atoms with Crippen molar-refractivity contribution in [1.82, 2.24) is 0 Å². The summed E-state index contributed by atoms with van der Waals surface area (Å²) >= 11 is 0. The number of nitrogens with zero attached hydrogens (tertiary/aromatic N) is 2. The molecule has 0 atom stereocenters. The third-order valence-electron chi connectivity index (χ3n) is 4.77. The van der Waals surface area contributed by atoms with Crippen LogP contribution in [0.15, 0.2) is 9.98 Å².